The van der Waals surface area contributed by atoms with E-state index in [-0.39, 0.29) is 18.3 Å². The van der Waals surface area contributed by atoms with E-state index in [9.17, 15) is 9.59 Å². The number of halogens is 1. The number of aromatic nitrogens is 2. The molecule has 0 bridgehead atoms. The van der Waals surface area contributed by atoms with Gasteiger partial charge in [0.05, 0.1) is 4.88 Å². The van der Waals surface area contributed by atoms with Crippen LogP contribution in [0.4, 0.5) is 4.79 Å². The Labute approximate surface area is 163 Å². The summed E-state index contributed by atoms with van der Waals surface area (Å²) in [5.41, 5.74) is -0.446. The second-order valence-electron chi connectivity index (χ2n) is 6.08. The molecule has 1 unspecified atom stereocenters. The minimum atomic E-state index is -1.13. The zero-order valence-corrected chi connectivity index (χ0v) is 15.9. The Balaban J connectivity index is 1.60. The molecule has 2 aromatic heterocycles. The van der Waals surface area contributed by atoms with E-state index in [4.69, 9.17) is 16.1 Å². The summed E-state index contributed by atoms with van der Waals surface area (Å²) in [6.45, 7) is 1.76. The molecule has 1 aliphatic rings. The third-order valence-electron chi connectivity index (χ3n) is 4.55. The number of nitrogens with zero attached hydrogens (tertiary/aromatic N) is 3. The van der Waals surface area contributed by atoms with Gasteiger partial charge in [-0.2, -0.15) is 4.98 Å². The van der Waals surface area contributed by atoms with E-state index in [1.807, 2.05) is 24.4 Å². The van der Waals surface area contributed by atoms with E-state index in [0.717, 1.165) is 9.78 Å². The molecule has 3 heterocycles. The van der Waals surface area contributed by atoms with Crippen molar-refractivity contribution in [1.29, 1.82) is 0 Å². The minimum Gasteiger partial charge on any atom is -0.337 e. The molecule has 7 nitrogen and oxygen atoms in total. The number of carbonyl (C=O) groups excluding carboxylic acids is 2. The van der Waals surface area contributed by atoms with E-state index in [1.165, 1.54) is 11.3 Å². The largest absolute Gasteiger partial charge is 0.337 e. The molecule has 3 aromatic rings. The van der Waals surface area contributed by atoms with Crippen LogP contribution in [0, 0.1) is 0 Å². The lowest BCUT2D eigenvalue weighted by atomic mass is 9.87. The Morgan fingerprint density at radius 2 is 2.04 bits per heavy atom. The van der Waals surface area contributed by atoms with Crippen LogP contribution in [0.2, 0.25) is 5.02 Å². The molecule has 3 amide bonds. The predicted molar refractivity (Wildman–Crippen MR) is 100 cm³/mol. The van der Waals surface area contributed by atoms with Crippen molar-refractivity contribution < 1.29 is 14.1 Å². The number of thiophene rings is 1. The molecule has 1 N–H and O–H groups in total. The highest BCUT2D eigenvalue weighted by Gasteiger charge is 2.51. The SMILES string of the molecule is CCC1(c2ccc(Cl)cc2)NC(=O)N(Cc2nc(-c3cccs3)no2)C1=O. The molecule has 0 aliphatic carbocycles. The van der Waals surface area contributed by atoms with Crippen LogP contribution in [-0.2, 0) is 16.9 Å². The third kappa shape index (κ3) is 3.00. The molecule has 0 radical (unpaired) electrons. The molecule has 1 aromatic carbocycles. The predicted octanol–water partition coefficient (Wildman–Crippen LogP) is 3.81. The number of amides is 3. The standard InChI is InChI=1S/C18H15ClN4O3S/c1-2-18(11-5-7-12(19)8-6-11)16(24)23(17(25)21-18)10-14-20-15(22-26-14)13-4-3-9-27-13/h3-9H,2,10H2,1H3,(H,21,25). The number of nitrogens with one attached hydrogen (secondary N) is 1. The van der Waals surface area contributed by atoms with Crippen molar-refractivity contribution in [2.75, 3.05) is 0 Å². The van der Waals surface area contributed by atoms with Gasteiger partial charge < -0.3 is 9.84 Å². The van der Waals surface area contributed by atoms with Crippen LogP contribution in [0.1, 0.15) is 24.8 Å². The Morgan fingerprint density at radius 1 is 1.26 bits per heavy atom. The lowest BCUT2D eigenvalue weighted by Crippen LogP contribution is -2.43. The quantitative estimate of drug-likeness (QED) is 0.655. The zero-order valence-electron chi connectivity index (χ0n) is 14.3. The van der Waals surface area contributed by atoms with Gasteiger partial charge in [-0.3, -0.25) is 9.69 Å². The Hall–Kier alpha value is -2.71. The molecule has 138 valence electrons. The van der Waals surface area contributed by atoms with Gasteiger partial charge in [-0.05, 0) is 35.6 Å². The summed E-state index contributed by atoms with van der Waals surface area (Å²) >= 11 is 7.42. The lowest BCUT2D eigenvalue weighted by molar-refractivity contribution is -0.132. The first kappa shape index (κ1) is 17.7. The maximum absolute atomic E-state index is 13.1. The first-order chi connectivity index (χ1) is 13.0. The summed E-state index contributed by atoms with van der Waals surface area (Å²) in [5, 5.41) is 9.20. The number of hydrogen-bond donors (Lipinski definition) is 1. The van der Waals surface area contributed by atoms with Gasteiger partial charge in [0, 0.05) is 5.02 Å². The minimum absolute atomic E-state index is 0.0849. The smallest absolute Gasteiger partial charge is 0.325 e. The van der Waals surface area contributed by atoms with Crippen LogP contribution in [0.3, 0.4) is 0 Å². The lowest BCUT2D eigenvalue weighted by Gasteiger charge is -2.25. The molecule has 1 aliphatic heterocycles. The Kier molecular flexibility index (Phi) is 4.45. The highest BCUT2D eigenvalue weighted by molar-refractivity contribution is 7.13. The summed E-state index contributed by atoms with van der Waals surface area (Å²) in [6, 6.07) is 10.1. The van der Waals surface area contributed by atoms with Crippen molar-refractivity contribution in [1.82, 2.24) is 20.4 Å². The molecule has 0 saturated carbocycles. The van der Waals surface area contributed by atoms with Gasteiger partial charge in [-0.1, -0.05) is 41.9 Å². The van der Waals surface area contributed by atoms with E-state index in [1.54, 1.807) is 24.3 Å². The number of benzene rings is 1. The topological polar surface area (TPSA) is 88.3 Å². The fourth-order valence-electron chi connectivity index (χ4n) is 3.10. The summed E-state index contributed by atoms with van der Waals surface area (Å²) < 4.78 is 5.22. The number of urea groups is 1. The zero-order chi connectivity index (χ0) is 19.0. The van der Waals surface area contributed by atoms with Crippen LogP contribution in [0.15, 0.2) is 46.3 Å². The molecule has 27 heavy (non-hydrogen) atoms. The maximum atomic E-state index is 13.1. The van der Waals surface area contributed by atoms with Gasteiger partial charge in [-0.25, -0.2) is 4.79 Å². The van der Waals surface area contributed by atoms with Gasteiger partial charge in [0.2, 0.25) is 11.7 Å². The van der Waals surface area contributed by atoms with Crippen LogP contribution in [-0.4, -0.2) is 27.0 Å². The average Bonchev–Trinajstić information content (AvgIpc) is 3.39. The van der Waals surface area contributed by atoms with Gasteiger partial charge in [0.25, 0.3) is 5.91 Å². The van der Waals surface area contributed by atoms with Crippen molar-refractivity contribution in [2.24, 2.45) is 0 Å². The van der Waals surface area contributed by atoms with Crippen LogP contribution < -0.4 is 5.32 Å². The van der Waals surface area contributed by atoms with Crippen molar-refractivity contribution in [2.45, 2.75) is 25.4 Å². The molecule has 0 spiro atoms. The summed E-state index contributed by atoms with van der Waals surface area (Å²) in [5.74, 6) is 0.282. The molecule has 1 saturated heterocycles. The van der Waals surface area contributed by atoms with Crippen molar-refractivity contribution in [3.05, 3.63) is 58.3 Å². The Morgan fingerprint density at radius 3 is 2.70 bits per heavy atom. The fourth-order valence-corrected chi connectivity index (χ4v) is 3.88. The third-order valence-corrected chi connectivity index (χ3v) is 5.66. The normalized spacial score (nSPS) is 19.6. The van der Waals surface area contributed by atoms with E-state index < -0.39 is 11.6 Å². The highest BCUT2D eigenvalue weighted by Crippen LogP contribution is 2.34. The molecule has 4 rings (SSSR count). The van der Waals surface area contributed by atoms with Gasteiger partial charge in [0.15, 0.2) is 0 Å². The van der Waals surface area contributed by atoms with Gasteiger partial charge in [-0.15, -0.1) is 11.3 Å². The second kappa shape index (κ2) is 6.79. The molecular weight excluding hydrogens is 388 g/mol. The number of rotatable bonds is 5. The summed E-state index contributed by atoms with van der Waals surface area (Å²) in [7, 11) is 0. The number of imide groups is 1. The van der Waals surface area contributed by atoms with Crippen molar-refractivity contribution >= 4 is 34.9 Å². The summed E-state index contributed by atoms with van der Waals surface area (Å²) in [6.07, 6.45) is 0.403. The van der Waals surface area contributed by atoms with Crippen LogP contribution in [0.25, 0.3) is 10.7 Å². The average molecular weight is 403 g/mol. The molecule has 1 fully saturated rings. The monoisotopic (exact) mass is 402 g/mol. The van der Waals surface area contributed by atoms with Gasteiger partial charge >= 0.3 is 6.03 Å². The highest BCUT2D eigenvalue weighted by atomic mass is 35.5. The van der Waals surface area contributed by atoms with E-state index >= 15 is 0 Å². The van der Waals surface area contributed by atoms with E-state index in [0.29, 0.717) is 22.8 Å². The van der Waals surface area contributed by atoms with Crippen LogP contribution in [0.5, 0.6) is 0 Å². The van der Waals surface area contributed by atoms with Gasteiger partial charge in [0.1, 0.15) is 12.1 Å². The van der Waals surface area contributed by atoms with E-state index in [2.05, 4.69) is 15.5 Å². The summed E-state index contributed by atoms with van der Waals surface area (Å²) in [4.78, 5) is 31.9. The first-order valence-electron chi connectivity index (χ1n) is 8.30. The van der Waals surface area contributed by atoms with Crippen molar-refractivity contribution in [3.63, 3.8) is 0 Å². The fraction of sp³-hybridized carbons (Fsp3) is 0.222. The number of hydrogen-bond acceptors (Lipinski definition) is 6. The number of carbonyl (C=O) groups is 2. The molecule has 1 atom stereocenters. The molecular formula is C18H15ClN4O3S. The second-order valence-corrected chi connectivity index (χ2v) is 7.46. The Bertz CT molecular complexity index is 986. The van der Waals surface area contributed by atoms with Crippen LogP contribution >= 0.6 is 22.9 Å². The van der Waals surface area contributed by atoms with Crippen molar-refractivity contribution in [3.8, 4) is 10.7 Å². The maximum Gasteiger partial charge on any atom is 0.325 e. The molecule has 9 heteroatoms. The first-order valence-corrected chi connectivity index (χ1v) is 9.56.